The third-order valence-electron chi connectivity index (χ3n) is 4.36. The second-order valence-corrected chi connectivity index (χ2v) is 8.53. The van der Waals surface area contributed by atoms with Crippen LogP contribution in [0.1, 0.15) is 16.7 Å². The largest absolute Gasteiger partial charge is 0.309 e. The summed E-state index contributed by atoms with van der Waals surface area (Å²) >= 11 is 0. The summed E-state index contributed by atoms with van der Waals surface area (Å²) in [6.45, 7) is 1.70. The number of benzene rings is 3. The topological polar surface area (TPSA) is 49.4 Å². The molecule has 3 rings (SSSR count). The quantitative estimate of drug-likeness (QED) is 0.647. The first kappa shape index (κ1) is 19.3. The van der Waals surface area contributed by atoms with Crippen molar-refractivity contribution in [2.45, 2.75) is 24.5 Å². The molecule has 3 aromatic carbocycles. The molecular formula is C22H24N2O2S. The average Bonchev–Trinajstić information content (AvgIpc) is 2.70. The van der Waals surface area contributed by atoms with Gasteiger partial charge in [-0.15, -0.1) is 0 Å². The van der Waals surface area contributed by atoms with Gasteiger partial charge < -0.3 is 5.32 Å². The highest BCUT2D eigenvalue weighted by molar-refractivity contribution is 7.89. The van der Waals surface area contributed by atoms with E-state index in [1.54, 1.807) is 25.2 Å². The predicted molar refractivity (Wildman–Crippen MR) is 109 cm³/mol. The Hall–Kier alpha value is -2.47. The van der Waals surface area contributed by atoms with Crippen LogP contribution in [0.4, 0.5) is 0 Å². The standard InChI is InChI=1S/C22H24N2O2S/c1-24(18-20-11-6-3-7-12-20)27(25,26)22-14-8-13-21(15-22)17-23-16-19-9-4-2-5-10-19/h2-15,23H,16-18H2,1H3. The van der Waals surface area contributed by atoms with Crippen LogP contribution in [0, 0.1) is 0 Å². The summed E-state index contributed by atoms with van der Waals surface area (Å²) in [7, 11) is -1.92. The van der Waals surface area contributed by atoms with Gasteiger partial charge in [0.1, 0.15) is 0 Å². The summed E-state index contributed by atoms with van der Waals surface area (Å²) in [5, 5.41) is 3.36. The highest BCUT2D eigenvalue weighted by Crippen LogP contribution is 2.18. The van der Waals surface area contributed by atoms with Gasteiger partial charge in [-0.25, -0.2) is 8.42 Å². The van der Waals surface area contributed by atoms with Crippen LogP contribution in [-0.4, -0.2) is 19.8 Å². The van der Waals surface area contributed by atoms with Crippen molar-refractivity contribution in [1.29, 1.82) is 0 Å². The van der Waals surface area contributed by atoms with Crippen LogP contribution in [0.5, 0.6) is 0 Å². The first-order valence-electron chi connectivity index (χ1n) is 8.89. The van der Waals surface area contributed by atoms with Gasteiger partial charge in [-0.3, -0.25) is 0 Å². The number of hydrogen-bond acceptors (Lipinski definition) is 3. The summed E-state index contributed by atoms with van der Waals surface area (Å²) in [6.07, 6.45) is 0. The zero-order chi connectivity index (χ0) is 19.1. The van der Waals surface area contributed by atoms with Crippen molar-refractivity contribution in [2.24, 2.45) is 0 Å². The minimum atomic E-state index is -3.53. The molecule has 0 spiro atoms. The number of hydrogen-bond donors (Lipinski definition) is 1. The maximum atomic E-state index is 12.9. The molecule has 0 aromatic heterocycles. The second kappa shape index (κ2) is 8.95. The Morgan fingerprint density at radius 3 is 1.96 bits per heavy atom. The Labute approximate surface area is 161 Å². The van der Waals surface area contributed by atoms with Crippen LogP contribution >= 0.6 is 0 Å². The summed E-state index contributed by atoms with van der Waals surface area (Å²) < 4.78 is 27.2. The molecule has 0 heterocycles. The van der Waals surface area contributed by atoms with Crippen LogP contribution in [-0.2, 0) is 29.7 Å². The van der Waals surface area contributed by atoms with E-state index in [2.05, 4.69) is 17.4 Å². The molecule has 0 unspecified atom stereocenters. The normalized spacial score (nSPS) is 11.6. The molecule has 0 aliphatic rings. The minimum Gasteiger partial charge on any atom is -0.309 e. The molecule has 5 heteroatoms. The van der Waals surface area contributed by atoms with Crippen LogP contribution in [0.2, 0.25) is 0 Å². The van der Waals surface area contributed by atoms with E-state index in [-0.39, 0.29) is 0 Å². The van der Waals surface area contributed by atoms with Crippen molar-refractivity contribution in [3.63, 3.8) is 0 Å². The Bertz CT molecular complexity index is 958. The first-order chi connectivity index (χ1) is 13.1. The molecular weight excluding hydrogens is 356 g/mol. The van der Waals surface area contributed by atoms with Gasteiger partial charge in [0.15, 0.2) is 0 Å². The summed E-state index contributed by atoms with van der Waals surface area (Å²) in [4.78, 5) is 0.319. The smallest absolute Gasteiger partial charge is 0.243 e. The third kappa shape index (κ3) is 5.26. The van der Waals surface area contributed by atoms with Gasteiger partial charge in [-0.2, -0.15) is 4.31 Å². The lowest BCUT2D eigenvalue weighted by Gasteiger charge is -2.18. The van der Waals surface area contributed by atoms with Gasteiger partial charge in [0, 0.05) is 26.7 Å². The van der Waals surface area contributed by atoms with E-state index >= 15 is 0 Å². The molecule has 0 fully saturated rings. The van der Waals surface area contributed by atoms with Gasteiger partial charge in [-0.1, -0.05) is 72.8 Å². The van der Waals surface area contributed by atoms with E-state index in [1.807, 2.05) is 54.6 Å². The summed E-state index contributed by atoms with van der Waals surface area (Å²) in [5.41, 5.74) is 3.10. The van der Waals surface area contributed by atoms with E-state index in [9.17, 15) is 8.42 Å². The van der Waals surface area contributed by atoms with Crippen LogP contribution in [0.3, 0.4) is 0 Å². The molecule has 140 valence electrons. The SMILES string of the molecule is CN(Cc1ccccc1)S(=O)(=O)c1cccc(CNCc2ccccc2)c1. The fourth-order valence-electron chi connectivity index (χ4n) is 2.87. The summed E-state index contributed by atoms with van der Waals surface area (Å²) in [5.74, 6) is 0. The molecule has 3 aromatic rings. The number of nitrogens with one attached hydrogen (secondary N) is 1. The molecule has 0 amide bonds. The number of sulfonamides is 1. The van der Waals surface area contributed by atoms with E-state index in [4.69, 9.17) is 0 Å². The molecule has 1 N–H and O–H groups in total. The van der Waals surface area contributed by atoms with Gasteiger partial charge in [0.2, 0.25) is 10.0 Å². The lowest BCUT2D eigenvalue weighted by atomic mass is 10.2. The molecule has 0 aliphatic heterocycles. The van der Waals surface area contributed by atoms with E-state index in [0.717, 1.165) is 17.7 Å². The van der Waals surface area contributed by atoms with E-state index < -0.39 is 10.0 Å². The van der Waals surface area contributed by atoms with Gasteiger partial charge in [0.05, 0.1) is 4.90 Å². The van der Waals surface area contributed by atoms with Crippen molar-refractivity contribution in [3.05, 3.63) is 102 Å². The predicted octanol–water partition coefficient (Wildman–Crippen LogP) is 3.80. The maximum Gasteiger partial charge on any atom is 0.243 e. The van der Waals surface area contributed by atoms with Crippen molar-refractivity contribution < 1.29 is 8.42 Å². The minimum absolute atomic E-state index is 0.319. The second-order valence-electron chi connectivity index (χ2n) is 6.48. The van der Waals surface area contributed by atoms with Gasteiger partial charge in [-0.05, 0) is 28.8 Å². The zero-order valence-electron chi connectivity index (χ0n) is 15.4. The Balaban J connectivity index is 1.66. The third-order valence-corrected chi connectivity index (χ3v) is 6.16. The lowest BCUT2D eigenvalue weighted by Crippen LogP contribution is -2.26. The Morgan fingerprint density at radius 1 is 0.741 bits per heavy atom. The Morgan fingerprint density at radius 2 is 1.30 bits per heavy atom. The van der Waals surface area contributed by atoms with Gasteiger partial charge >= 0.3 is 0 Å². The van der Waals surface area contributed by atoms with E-state index in [0.29, 0.717) is 18.0 Å². The lowest BCUT2D eigenvalue weighted by molar-refractivity contribution is 0.466. The monoisotopic (exact) mass is 380 g/mol. The molecule has 0 bridgehead atoms. The molecule has 4 nitrogen and oxygen atoms in total. The maximum absolute atomic E-state index is 12.9. The number of rotatable bonds is 8. The zero-order valence-corrected chi connectivity index (χ0v) is 16.2. The molecule has 0 saturated heterocycles. The fourth-order valence-corrected chi connectivity index (χ4v) is 4.10. The van der Waals surface area contributed by atoms with E-state index in [1.165, 1.54) is 9.87 Å². The summed E-state index contributed by atoms with van der Waals surface area (Å²) in [6, 6.07) is 26.9. The molecule has 0 atom stereocenters. The fraction of sp³-hybridized carbons (Fsp3) is 0.182. The van der Waals surface area contributed by atoms with Crippen molar-refractivity contribution in [1.82, 2.24) is 9.62 Å². The molecule has 0 aliphatic carbocycles. The van der Waals surface area contributed by atoms with Gasteiger partial charge in [0.25, 0.3) is 0 Å². The highest BCUT2D eigenvalue weighted by Gasteiger charge is 2.21. The molecule has 27 heavy (non-hydrogen) atoms. The molecule has 0 saturated carbocycles. The van der Waals surface area contributed by atoms with Crippen molar-refractivity contribution >= 4 is 10.0 Å². The average molecular weight is 381 g/mol. The Kier molecular flexibility index (Phi) is 6.40. The van der Waals surface area contributed by atoms with Crippen molar-refractivity contribution in [3.8, 4) is 0 Å². The van der Waals surface area contributed by atoms with Crippen molar-refractivity contribution in [2.75, 3.05) is 7.05 Å². The molecule has 0 radical (unpaired) electrons. The highest BCUT2D eigenvalue weighted by atomic mass is 32.2. The van der Waals surface area contributed by atoms with Crippen LogP contribution in [0.15, 0.2) is 89.8 Å². The number of nitrogens with zero attached hydrogens (tertiary/aromatic N) is 1. The first-order valence-corrected chi connectivity index (χ1v) is 10.3. The van der Waals surface area contributed by atoms with Crippen LogP contribution < -0.4 is 5.32 Å². The van der Waals surface area contributed by atoms with Crippen LogP contribution in [0.25, 0.3) is 0 Å².